The smallest absolute Gasteiger partial charge is 0.311 e. The highest BCUT2D eigenvalue weighted by molar-refractivity contribution is 5.76. The molecule has 1 aliphatic heterocycles. The van der Waals surface area contributed by atoms with Crippen LogP contribution in [0.1, 0.15) is 106 Å². The van der Waals surface area contributed by atoms with Gasteiger partial charge in [-0.1, -0.05) is 20.8 Å². The van der Waals surface area contributed by atoms with E-state index in [0.717, 1.165) is 38.5 Å². The average molecular weight is 523 g/mol. The maximum Gasteiger partial charge on any atom is 0.311 e. The van der Waals surface area contributed by atoms with Gasteiger partial charge in [0.25, 0.3) is 0 Å². The van der Waals surface area contributed by atoms with Crippen LogP contribution < -0.4 is 0 Å². The van der Waals surface area contributed by atoms with Gasteiger partial charge < -0.3 is 19.3 Å². The second-order valence-electron chi connectivity index (χ2n) is 12.8. The molecule has 1 unspecified atom stereocenters. The van der Waals surface area contributed by atoms with Gasteiger partial charge in [0.05, 0.1) is 24.5 Å². The Morgan fingerprint density at radius 3 is 2.43 bits per heavy atom. The fourth-order valence-electron chi connectivity index (χ4n) is 7.18. The van der Waals surface area contributed by atoms with Crippen molar-refractivity contribution in [2.75, 3.05) is 6.61 Å². The van der Waals surface area contributed by atoms with Gasteiger partial charge in [0, 0.05) is 18.8 Å². The molecule has 2 aliphatic carbocycles. The molecule has 7 nitrogen and oxygen atoms in total. The highest BCUT2D eigenvalue weighted by atomic mass is 16.6. The number of carbonyl (C=O) groups is 3. The lowest BCUT2D eigenvalue weighted by atomic mass is 9.54. The van der Waals surface area contributed by atoms with Crippen molar-refractivity contribution < 1.29 is 33.7 Å². The maximum absolute atomic E-state index is 13.2. The second kappa shape index (κ2) is 12.9. The summed E-state index contributed by atoms with van der Waals surface area (Å²) in [5.41, 5.74) is -0.526. The Hall–Kier alpha value is -1.63. The fourth-order valence-corrected chi connectivity index (χ4v) is 7.18. The SMILES string of the molecule is CCOC(=O)CCC1C[C@H](C)[C@H](CC[C@@H]2C[C@@H](O)CC(=O)O2)[C@H]2[C@@H](OC(=O)C(C)(C)CC)C[C@@H](C)C[C@H]12. The first-order valence-corrected chi connectivity index (χ1v) is 14.7. The number of fused-ring (bicyclic) bond motifs is 1. The molecular weight excluding hydrogens is 472 g/mol. The minimum Gasteiger partial charge on any atom is -0.466 e. The molecule has 1 N–H and O–H groups in total. The van der Waals surface area contributed by atoms with Crippen LogP contribution in [0.5, 0.6) is 0 Å². The summed E-state index contributed by atoms with van der Waals surface area (Å²) in [5.74, 6) is 1.56. The molecule has 37 heavy (non-hydrogen) atoms. The van der Waals surface area contributed by atoms with Gasteiger partial charge in [-0.2, -0.15) is 0 Å². The van der Waals surface area contributed by atoms with E-state index >= 15 is 0 Å². The zero-order valence-corrected chi connectivity index (χ0v) is 23.9. The summed E-state index contributed by atoms with van der Waals surface area (Å²) < 4.78 is 17.1. The van der Waals surface area contributed by atoms with Crippen LogP contribution >= 0.6 is 0 Å². The fraction of sp³-hybridized carbons (Fsp3) is 0.900. The lowest BCUT2D eigenvalue weighted by Crippen LogP contribution is -2.51. The molecule has 0 bridgehead atoms. The average Bonchev–Trinajstić information content (AvgIpc) is 2.81. The van der Waals surface area contributed by atoms with Crippen LogP contribution in [0.4, 0.5) is 0 Å². The molecule has 0 aromatic rings. The Labute approximate surface area is 223 Å². The van der Waals surface area contributed by atoms with Gasteiger partial charge in [-0.05, 0) is 95.3 Å². The highest BCUT2D eigenvalue weighted by Gasteiger charge is 2.51. The molecule has 7 heteroatoms. The minimum atomic E-state index is -0.629. The van der Waals surface area contributed by atoms with Crippen molar-refractivity contribution in [1.82, 2.24) is 0 Å². The molecule has 0 aromatic heterocycles. The van der Waals surface area contributed by atoms with Gasteiger partial charge in [0.2, 0.25) is 0 Å². The predicted octanol–water partition coefficient (Wildman–Crippen LogP) is 5.46. The maximum atomic E-state index is 13.2. The van der Waals surface area contributed by atoms with E-state index < -0.39 is 11.5 Å². The molecule has 0 aromatic carbocycles. The highest BCUT2D eigenvalue weighted by Crippen LogP contribution is 2.54. The third-order valence-electron chi connectivity index (χ3n) is 9.52. The van der Waals surface area contributed by atoms with Gasteiger partial charge in [0.1, 0.15) is 12.2 Å². The summed E-state index contributed by atoms with van der Waals surface area (Å²) in [5, 5.41) is 10.1. The number of carbonyl (C=O) groups excluding carboxylic acids is 3. The minimum absolute atomic E-state index is 0.0757. The Kier molecular flexibility index (Phi) is 10.5. The Morgan fingerprint density at radius 2 is 1.78 bits per heavy atom. The van der Waals surface area contributed by atoms with Crippen LogP contribution in [-0.2, 0) is 28.6 Å². The Bertz CT molecular complexity index is 793. The third kappa shape index (κ3) is 7.70. The molecule has 0 amide bonds. The van der Waals surface area contributed by atoms with Crippen molar-refractivity contribution in [2.24, 2.45) is 40.9 Å². The van der Waals surface area contributed by atoms with Crippen molar-refractivity contribution in [3.63, 3.8) is 0 Å². The summed E-state index contributed by atoms with van der Waals surface area (Å²) in [6.45, 7) is 12.7. The molecule has 2 saturated carbocycles. The first kappa shape index (κ1) is 29.9. The molecule has 3 aliphatic rings. The van der Waals surface area contributed by atoms with Crippen LogP contribution in [0.15, 0.2) is 0 Å². The van der Waals surface area contributed by atoms with Crippen LogP contribution in [0.2, 0.25) is 0 Å². The number of esters is 3. The third-order valence-corrected chi connectivity index (χ3v) is 9.52. The van der Waals surface area contributed by atoms with Crippen molar-refractivity contribution >= 4 is 17.9 Å². The molecule has 9 atom stereocenters. The molecule has 0 spiro atoms. The summed E-state index contributed by atoms with van der Waals surface area (Å²) in [4.78, 5) is 37.3. The first-order chi connectivity index (χ1) is 17.4. The quantitative estimate of drug-likeness (QED) is 0.300. The van der Waals surface area contributed by atoms with Crippen molar-refractivity contribution in [3.8, 4) is 0 Å². The monoisotopic (exact) mass is 522 g/mol. The Morgan fingerprint density at radius 1 is 1.05 bits per heavy atom. The number of aliphatic hydroxyl groups excluding tert-OH is 1. The molecule has 0 radical (unpaired) electrons. The van der Waals surface area contributed by atoms with Gasteiger partial charge in [0.15, 0.2) is 0 Å². The molecular formula is C30H50O7. The van der Waals surface area contributed by atoms with E-state index in [1.165, 1.54) is 0 Å². The van der Waals surface area contributed by atoms with Gasteiger partial charge in [-0.25, -0.2) is 0 Å². The van der Waals surface area contributed by atoms with Crippen LogP contribution in [0.3, 0.4) is 0 Å². The van der Waals surface area contributed by atoms with Crippen molar-refractivity contribution in [1.29, 1.82) is 0 Å². The standard InChI is InChI=1S/C30H50O7/c1-7-30(5,6)29(34)37-25-14-18(3)13-24-20(9-12-26(32)35-8-2)15-19(4)23(28(24)25)11-10-22-16-21(31)17-27(33)36-22/h18-25,28,31H,7-17H2,1-6H3/t18-,19-,20?,21+,22+,23-,24+,25-,28+/m0/s1. The van der Waals surface area contributed by atoms with E-state index in [1.807, 2.05) is 27.7 Å². The van der Waals surface area contributed by atoms with Gasteiger partial charge in [-0.15, -0.1) is 0 Å². The van der Waals surface area contributed by atoms with Crippen molar-refractivity contribution in [2.45, 2.75) is 124 Å². The van der Waals surface area contributed by atoms with E-state index in [-0.39, 0.29) is 42.5 Å². The lowest BCUT2D eigenvalue weighted by molar-refractivity contribution is -0.177. The topological polar surface area (TPSA) is 99.1 Å². The van der Waals surface area contributed by atoms with E-state index in [9.17, 15) is 19.5 Å². The number of ether oxygens (including phenoxy) is 3. The zero-order chi connectivity index (χ0) is 27.3. The summed E-state index contributed by atoms with van der Waals surface area (Å²) >= 11 is 0. The van der Waals surface area contributed by atoms with E-state index in [2.05, 4.69) is 13.8 Å². The molecule has 3 fully saturated rings. The lowest BCUT2D eigenvalue weighted by Gasteiger charge is -2.53. The summed E-state index contributed by atoms with van der Waals surface area (Å²) in [6.07, 6.45) is 6.03. The second-order valence-corrected chi connectivity index (χ2v) is 12.8. The number of rotatable bonds is 10. The molecule has 212 valence electrons. The van der Waals surface area contributed by atoms with Gasteiger partial charge in [-0.3, -0.25) is 14.4 Å². The Balaban J connectivity index is 1.82. The zero-order valence-electron chi connectivity index (χ0n) is 23.9. The number of hydrogen-bond donors (Lipinski definition) is 1. The van der Waals surface area contributed by atoms with E-state index in [4.69, 9.17) is 14.2 Å². The van der Waals surface area contributed by atoms with Crippen molar-refractivity contribution in [3.05, 3.63) is 0 Å². The van der Waals surface area contributed by atoms with E-state index in [0.29, 0.717) is 55.5 Å². The van der Waals surface area contributed by atoms with Gasteiger partial charge >= 0.3 is 17.9 Å². The van der Waals surface area contributed by atoms with Crippen LogP contribution in [-0.4, -0.2) is 47.9 Å². The molecule has 3 rings (SSSR count). The number of cyclic esters (lactones) is 1. The normalized spacial score (nSPS) is 36.3. The number of aliphatic hydroxyl groups is 1. The summed E-state index contributed by atoms with van der Waals surface area (Å²) in [6, 6.07) is 0. The van der Waals surface area contributed by atoms with E-state index in [1.54, 1.807) is 0 Å². The summed E-state index contributed by atoms with van der Waals surface area (Å²) in [7, 11) is 0. The molecule has 1 heterocycles. The number of hydrogen-bond acceptors (Lipinski definition) is 7. The van der Waals surface area contributed by atoms with Crippen LogP contribution in [0, 0.1) is 40.9 Å². The predicted molar refractivity (Wildman–Crippen MR) is 140 cm³/mol. The van der Waals surface area contributed by atoms with Crippen LogP contribution in [0.25, 0.3) is 0 Å². The largest absolute Gasteiger partial charge is 0.466 e. The first-order valence-electron chi connectivity index (χ1n) is 14.7. The molecule has 1 saturated heterocycles.